The number of fused-ring (bicyclic) bond motifs is 3. The largest absolute Gasteiger partial charge is 0.301 e. The number of para-hydroxylation sites is 1. The highest BCUT2D eigenvalue weighted by Crippen LogP contribution is 2.38. The maximum atomic E-state index is 11.8. The van der Waals surface area contributed by atoms with Gasteiger partial charge in [-0.05, 0) is 46.3 Å². The van der Waals surface area contributed by atoms with Crippen LogP contribution in [0.1, 0.15) is 0 Å². The predicted molar refractivity (Wildman–Crippen MR) is 162 cm³/mol. The third kappa shape index (κ3) is 4.01. The summed E-state index contributed by atoms with van der Waals surface area (Å²) in [7, 11) is 0. The van der Waals surface area contributed by atoms with Gasteiger partial charge in [0.1, 0.15) is 5.82 Å². The molecule has 5 heteroatoms. The highest BCUT2D eigenvalue weighted by atomic mass is 16.6. The Labute approximate surface area is 230 Å². The van der Waals surface area contributed by atoms with Crippen LogP contribution in [0.5, 0.6) is 0 Å². The van der Waals surface area contributed by atoms with E-state index in [9.17, 15) is 10.1 Å². The molecule has 7 aromatic rings. The Morgan fingerprint density at radius 3 is 2.08 bits per heavy atom. The van der Waals surface area contributed by atoms with Crippen molar-refractivity contribution < 1.29 is 4.92 Å². The van der Waals surface area contributed by atoms with E-state index < -0.39 is 0 Å². The Hall–Kier alpha value is -5.55. The molecule has 0 aliphatic rings. The van der Waals surface area contributed by atoms with Crippen LogP contribution in [0.25, 0.3) is 61.0 Å². The molecule has 0 aliphatic heterocycles. The maximum absolute atomic E-state index is 11.8. The predicted octanol–water partition coefficient (Wildman–Crippen LogP) is 9.09. The van der Waals surface area contributed by atoms with E-state index in [1.54, 1.807) is 12.1 Å². The summed E-state index contributed by atoms with van der Waals surface area (Å²) in [5.41, 5.74) is 6.66. The van der Waals surface area contributed by atoms with E-state index in [0.717, 1.165) is 55.4 Å². The van der Waals surface area contributed by atoms with E-state index in [2.05, 4.69) is 65.2 Å². The van der Waals surface area contributed by atoms with Gasteiger partial charge >= 0.3 is 0 Å². The van der Waals surface area contributed by atoms with E-state index in [-0.39, 0.29) is 10.6 Å². The number of benzene rings is 5. The summed E-state index contributed by atoms with van der Waals surface area (Å²) in [6, 6.07) is 43.9. The molecule has 0 aliphatic carbocycles. The molecule has 0 spiro atoms. The van der Waals surface area contributed by atoms with Gasteiger partial charge in [-0.25, -0.2) is 4.98 Å². The Morgan fingerprint density at radius 2 is 1.30 bits per heavy atom. The van der Waals surface area contributed by atoms with Gasteiger partial charge in [-0.3, -0.25) is 10.1 Å². The zero-order valence-electron chi connectivity index (χ0n) is 21.4. The fraction of sp³-hybridized carbons (Fsp3) is 0. The molecule has 0 N–H and O–H groups in total. The van der Waals surface area contributed by atoms with Gasteiger partial charge in [0.25, 0.3) is 5.69 Å². The highest BCUT2D eigenvalue weighted by molar-refractivity contribution is 6.12. The SMILES string of the molecule is O=[N+]([O-])c1ccccc1-c1cccc2c1ccc1ccn(-c3cc(-c4ccccc4)cc(-c4ccccc4)n3)c12. The first-order valence-electron chi connectivity index (χ1n) is 13.1. The number of nitrogens with zero attached hydrogens (tertiary/aromatic N) is 3. The van der Waals surface area contributed by atoms with Crippen molar-refractivity contribution in [3.63, 3.8) is 0 Å². The van der Waals surface area contributed by atoms with Crippen molar-refractivity contribution in [3.05, 3.63) is 150 Å². The number of hydrogen-bond acceptors (Lipinski definition) is 3. The zero-order chi connectivity index (χ0) is 27.1. The van der Waals surface area contributed by atoms with E-state index in [1.165, 1.54) is 0 Å². The number of nitro groups is 1. The smallest absolute Gasteiger partial charge is 0.277 e. The van der Waals surface area contributed by atoms with Crippen molar-refractivity contribution in [2.75, 3.05) is 0 Å². The lowest BCUT2D eigenvalue weighted by molar-refractivity contribution is -0.384. The molecule has 40 heavy (non-hydrogen) atoms. The molecule has 2 aromatic heterocycles. The van der Waals surface area contributed by atoms with Crippen molar-refractivity contribution in [2.45, 2.75) is 0 Å². The van der Waals surface area contributed by atoms with E-state index in [0.29, 0.717) is 5.56 Å². The van der Waals surface area contributed by atoms with Crippen LogP contribution in [-0.2, 0) is 0 Å². The second kappa shape index (κ2) is 9.64. The molecular weight excluding hydrogens is 494 g/mol. The average Bonchev–Trinajstić information content (AvgIpc) is 3.46. The van der Waals surface area contributed by atoms with Gasteiger partial charge in [-0.2, -0.15) is 0 Å². The number of aromatic nitrogens is 2. The number of nitro benzene ring substituents is 1. The van der Waals surface area contributed by atoms with Gasteiger partial charge in [0.2, 0.25) is 0 Å². The van der Waals surface area contributed by atoms with Crippen molar-refractivity contribution in [3.8, 4) is 39.3 Å². The monoisotopic (exact) mass is 517 g/mol. The summed E-state index contributed by atoms with van der Waals surface area (Å²) >= 11 is 0. The summed E-state index contributed by atoms with van der Waals surface area (Å²) in [5.74, 6) is 0.804. The van der Waals surface area contributed by atoms with Crippen LogP contribution in [0.2, 0.25) is 0 Å². The average molecular weight is 518 g/mol. The molecular formula is C35H23N3O2. The van der Waals surface area contributed by atoms with Crippen molar-refractivity contribution >= 4 is 27.4 Å². The number of hydrogen-bond donors (Lipinski definition) is 0. The van der Waals surface area contributed by atoms with Gasteiger partial charge < -0.3 is 4.57 Å². The summed E-state index contributed by atoms with van der Waals surface area (Å²) in [6.07, 6.45) is 2.05. The lowest BCUT2D eigenvalue weighted by Crippen LogP contribution is -1.99. The highest BCUT2D eigenvalue weighted by Gasteiger charge is 2.18. The molecule has 5 nitrogen and oxygen atoms in total. The molecule has 0 saturated heterocycles. The molecule has 0 atom stereocenters. The van der Waals surface area contributed by atoms with Gasteiger partial charge in [0, 0.05) is 28.6 Å². The fourth-order valence-corrected chi connectivity index (χ4v) is 5.47. The van der Waals surface area contributed by atoms with Crippen molar-refractivity contribution in [2.24, 2.45) is 0 Å². The molecule has 0 amide bonds. The molecule has 0 bridgehead atoms. The van der Waals surface area contributed by atoms with Crippen molar-refractivity contribution in [1.29, 1.82) is 0 Å². The molecule has 0 radical (unpaired) electrons. The lowest BCUT2D eigenvalue weighted by atomic mass is 9.96. The second-order valence-corrected chi connectivity index (χ2v) is 9.70. The Balaban J connectivity index is 1.49. The van der Waals surface area contributed by atoms with Crippen molar-refractivity contribution in [1.82, 2.24) is 9.55 Å². The van der Waals surface area contributed by atoms with Gasteiger partial charge in [0.15, 0.2) is 0 Å². The summed E-state index contributed by atoms with van der Waals surface area (Å²) < 4.78 is 2.12. The van der Waals surface area contributed by atoms with E-state index in [1.807, 2.05) is 66.9 Å². The van der Waals surface area contributed by atoms with E-state index in [4.69, 9.17) is 4.98 Å². The Kier molecular flexibility index (Phi) is 5.68. The Morgan fingerprint density at radius 1 is 0.600 bits per heavy atom. The van der Waals surface area contributed by atoms with Crippen LogP contribution in [-0.4, -0.2) is 14.5 Å². The first kappa shape index (κ1) is 23.6. The van der Waals surface area contributed by atoms with Crippen LogP contribution < -0.4 is 0 Å². The third-order valence-corrected chi connectivity index (χ3v) is 7.33. The standard InChI is InChI=1S/C35H23N3O2/c39-38(40)33-17-8-7-14-30(33)28-15-9-16-31-29(28)19-18-26-20-21-37(35(26)31)34-23-27(24-10-3-1-4-11-24)22-32(36-34)25-12-5-2-6-13-25/h1-23H. The molecule has 5 aromatic carbocycles. The molecule has 190 valence electrons. The third-order valence-electron chi connectivity index (χ3n) is 7.33. The molecule has 0 fully saturated rings. The quantitative estimate of drug-likeness (QED) is 0.169. The van der Waals surface area contributed by atoms with Crippen LogP contribution in [0.15, 0.2) is 140 Å². The molecule has 0 saturated carbocycles. The summed E-state index contributed by atoms with van der Waals surface area (Å²) in [4.78, 5) is 16.6. The second-order valence-electron chi connectivity index (χ2n) is 9.70. The van der Waals surface area contributed by atoms with Crippen LogP contribution >= 0.6 is 0 Å². The number of pyridine rings is 1. The Bertz CT molecular complexity index is 1970. The van der Waals surface area contributed by atoms with Crippen LogP contribution in [0, 0.1) is 10.1 Å². The van der Waals surface area contributed by atoms with Crippen LogP contribution in [0.3, 0.4) is 0 Å². The summed E-state index contributed by atoms with van der Waals surface area (Å²) in [5, 5.41) is 14.9. The lowest BCUT2D eigenvalue weighted by Gasteiger charge is -2.14. The minimum absolute atomic E-state index is 0.0928. The van der Waals surface area contributed by atoms with E-state index >= 15 is 0 Å². The van der Waals surface area contributed by atoms with Crippen LogP contribution in [0.4, 0.5) is 5.69 Å². The zero-order valence-corrected chi connectivity index (χ0v) is 21.4. The fourth-order valence-electron chi connectivity index (χ4n) is 5.47. The molecule has 2 heterocycles. The first-order chi connectivity index (χ1) is 19.7. The minimum Gasteiger partial charge on any atom is -0.301 e. The van der Waals surface area contributed by atoms with Gasteiger partial charge in [-0.1, -0.05) is 103 Å². The molecule has 0 unspecified atom stereocenters. The van der Waals surface area contributed by atoms with Gasteiger partial charge in [0.05, 0.1) is 21.7 Å². The summed E-state index contributed by atoms with van der Waals surface area (Å²) in [6.45, 7) is 0. The molecule has 7 rings (SSSR count). The number of rotatable bonds is 5. The first-order valence-corrected chi connectivity index (χ1v) is 13.1. The van der Waals surface area contributed by atoms with Gasteiger partial charge in [-0.15, -0.1) is 0 Å². The topological polar surface area (TPSA) is 61.0 Å². The minimum atomic E-state index is -0.320. The normalized spacial score (nSPS) is 11.2. The maximum Gasteiger partial charge on any atom is 0.277 e.